The fourth-order valence-electron chi connectivity index (χ4n) is 2.24. The quantitative estimate of drug-likeness (QED) is 0.820. The van der Waals surface area contributed by atoms with Gasteiger partial charge < -0.3 is 10.1 Å². The zero-order valence-electron chi connectivity index (χ0n) is 13.8. The lowest BCUT2D eigenvalue weighted by molar-refractivity contribution is -0.120. The Morgan fingerprint density at radius 1 is 1.25 bits per heavy atom. The second kappa shape index (κ2) is 8.38. The van der Waals surface area contributed by atoms with Crippen LogP contribution in [0.2, 0.25) is 10.0 Å². The fraction of sp³-hybridized carbons (Fsp3) is 0.278. The van der Waals surface area contributed by atoms with Gasteiger partial charge in [0.05, 0.1) is 18.8 Å². The van der Waals surface area contributed by atoms with E-state index in [0.29, 0.717) is 28.0 Å². The largest absolute Gasteiger partial charge is 0.495 e. The molecule has 0 saturated carbocycles. The summed E-state index contributed by atoms with van der Waals surface area (Å²) < 4.78 is 5.25. The molecule has 0 aliphatic rings. The van der Waals surface area contributed by atoms with Gasteiger partial charge in [0.25, 0.3) is 0 Å². The highest BCUT2D eigenvalue weighted by atomic mass is 35.5. The molecule has 2 rings (SSSR count). The molecule has 0 saturated heterocycles. The Kier molecular flexibility index (Phi) is 6.49. The van der Waals surface area contributed by atoms with Gasteiger partial charge in [0, 0.05) is 16.6 Å². The van der Waals surface area contributed by atoms with Crippen molar-refractivity contribution in [3.05, 3.63) is 58.1 Å². The lowest BCUT2D eigenvalue weighted by Gasteiger charge is -2.24. The monoisotopic (exact) mass is 366 g/mol. The van der Waals surface area contributed by atoms with Crippen LogP contribution in [0.1, 0.15) is 12.5 Å². The molecule has 1 N–H and O–H groups in total. The van der Waals surface area contributed by atoms with Gasteiger partial charge in [0.1, 0.15) is 5.75 Å². The van der Waals surface area contributed by atoms with E-state index in [1.54, 1.807) is 31.4 Å². The van der Waals surface area contributed by atoms with Crippen molar-refractivity contribution in [3.8, 4) is 5.75 Å². The summed E-state index contributed by atoms with van der Waals surface area (Å²) >= 11 is 12.1. The Morgan fingerprint density at radius 3 is 2.62 bits per heavy atom. The number of hydrogen-bond donors (Lipinski definition) is 1. The average molecular weight is 367 g/mol. The lowest BCUT2D eigenvalue weighted by Crippen LogP contribution is -2.39. The predicted octanol–water partition coefficient (Wildman–Crippen LogP) is 4.46. The molecule has 0 bridgehead atoms. The highest BCUT2D eigenvalue weighted by Gasteiger charge is 2.20. The first-order valence-electron chi connectivity index (χ1n) is 7.50. The second-order valence-corrected chi connectivity index (χ2v) is 6.36. The molecular weight excluding hydrogens is 347 g/mol. The average Bonchev–Trinajstić information content (AvgIpc) is 2.57. The summed E-state index contributed by atoms with van der Waals surface area (Å²) in [6.45, 7) is 2.38. The molecule has 0 unspecified atom stereocenters. The van der Waals surface area contributed by atoms with Crippen LogP contribution in [0.4, 0.5) is 5.69 Å². The van der Waals surface area contributed by atoms with Crippen LogP contribution in [0.5, 0.6) is 5.75 Å². The molecule has 4 nitrogen and oxygen atoms in total. The van der Waals surface area contributed by atoms with Gasteiger partial charge in [-0.1, -0.05) is 41.4 Å². The maximum atomic E-state index is 12.5. The molecule has 6 heteroatoms. The number of rotatable bonds is 6. The van der Waals surface area contributed by atoms with Crippen LogP contribution in [-0.2, 0) is 11.3 Å². The van der Waals surface area contributed by atoms with E-state index in [1.807, 2.05) is 37.1 Å². The molecule has 0 aliphatic carbocycles. The number of amides is 1. The number of benzene rings is 2. The van der Waals surface area contributed by atoms with Crippen LogP contribution >= 0.6 is 23.2 Å². The van der Waals surface area contributed by atoms with Crippen LogP contribution in [0.25, 0.3) is 0 Å². The number of para-hydroxylation sites is 2. The molecule has 128 valence electrons. The highest BCUT2D eigenvalue weighted by Crippen LogP contribution is 2.25. The third kappa shape index (κ3) is 4.63. The summed E-state index contributed by atoms with van der Waals surface area (Å²) in [5, 5.41) is 4.07. The minimum Gasteiger partial charge on any atom is -0.495 e. The van der Waals surface area contributed by atoms with E-state index in [9.17, 15) is 4.79 Å². The Labute approximate surface area is 152 Å². The van der Waals surface area contributed by atoms with Gasteiger partial charge in [-0.05, 0) is 43.8 Å². The standard InChI is InChI=1S/C18H20Cl2N2O2/c1-12(18(23)21-16-6-4-5-7-17(16)24-3)22(2)11-13-8-9-14(19)10-15(13)20/h4-10,12H,11H2,1-3H3,(H,21,23)/t12-/m0/s1. The Hall–Kier alpha value is -1.75. The number of nitrogens with one attached hydrogen (secondary N) is 1. The predicted molar refractivity (Wildman–Crippen MR) is 99.0 cm³/mol. The van der Waals surface area contributed by atoms with E-state index in [2.05, 4.69) is 5.32 Å². The summed E-state index contributed by atoms with van der Waals surface area (Å²) in [6.07, 6.45) is 0. The van der Waals surface area contributed by atoms with Gasteiger partial charge in [-0.3, -0.25) is 9.69 Å². The molecule has 0 spiro atoms. The third-order valence-electron chi connectivity index (χ3n) is 3.84. The minimum absolute atomic E-state index is 0.118. The first-order valence-corrected chi connectivity index (χ1v) is 8.26. The van der Waals surface area contributed by atoms with Crippen molar-refractivity contribution < 1.29 is 9.53 Å². The highest BCUT2D eigenvalue weighted by molar-refractivity contribution is 6.35. The van der Waals surface area contributed by atoms with Gasteiger partial charge in [0.2, 0.25) is 5.91 Å². The number of hydrogen-bond acceptors (Lipinski definition) is 3. The number of methoxy groups -OCH3 is 1. The minimum atomic E-state index is -0.346. The second-order valence-electron chi connectivity index (χ2n) is 5.52. The Balaban J connectivity index is 2.04. The molecule has 0 aromatic heterocycles. The van der Waals surface area contributed by atoms with Gasteiger partial charge in [-0.15, -0.1) is 0 Å². The Bertz CT molecular complexity index is 722. The van der Waals surface area contributed by atoms with Crippen molar-refractivity contribution in [1.82, 2.24) is 4.90 Å². The number of anilines is 1. The number of halogens is 2. The van der Waals surface area contributed by atoms with Crippen molar-refractivity contribution in [2.45, 2.75) is 19.5 Å². The molecule has 2 aromatic rings. The van der Waals surface area contributed by atoms with Crippen molar-refractivity contribution >= 4 is 34.8 Å². The molecule has 2 aromatic carbocycles. The number of likely N-dealkylation sites (N-methyl/N-ethyl adjacent to an activating group) is 1. The molecule has 0 heterocycles. The van der Waals surface area contributed by atoms with Gasteiger partial charge in [0.15, 0.2) is 0 Å². The van der Waals surface area contributed by atoms with Crippen LogP contribution in [0, 0.1) is 0 Å². The normalized spacial score (nSPS) is 12.1. The van der Waals surface area contributed by atoms with Crippen LogP contribution < -0.4 is 10.1 Å². The summed E-state index contributed by atoms with van der Waals surface area (Å²) in [5.41, 5.74) is 1.57. The maximum absolute atomic E-state index is 12.5. The zero-order valence-corrected chi connectivity index (χ0v) is 15.4. The number of carbonyl (C=O) groups excluding carboxylic acids is 1. The van der Waals surface area contributed by atoms with Crippen LogP contribution in [0.3, 0.4) is 0 Å². The van der Waals surface area contributed by atoms with Crippen LogP contribution in [-0.4, -0.2) is 31.0 Å². The molecule has 0 aliphatic heterocycles. The van der Waals surface area contributed by atoms with E-state index < -0.39 is 0 Å². The fourth-order valence-corrected chi connectivity index (χ4v) is 2.71. The first kappa shape index (κ1) is 18.6. The van der Waals surface area contributed by atoms with Crippen molar-refractivity contribution in [1.29, 1.82) is 0 Å². The van der Waals surface area contributed by atoms with Gasteiger partial charge in [-0.25, -0.2) is 0 Å². The van der Waals surface area contributed by atoms with Crippen LogP contribution in [0.15, 0.2) is 42.5 Å². The molecule has 1 amide bonds. The topological polar surface area (TPSA) is 41.6 Å². The smallest absolute Gasteiger partial charge is 0.241 e. The van der Waals surface area contributed by atoms with E-state index in [1.165, 1.54) is 0 Å². The molecular formula is C18H20Cl2N2O2. The van der Waals surface area contributed by atoms with E-state index in [4.69, 9.17) is 27.9 Å². The molecule has 0 fully saturated rings. The van der Waals surface area contributed by atoms with Crippen molar-refractivity contribution in [2.75, 3.05) is 19.5 Å². The van der Waals surface area contributed by atoms with Crippen molar-refractivity contribution in [3.63, 3.8) is 0 Å². The van der Waals surface area contributed by atoms with E-state index in [0.717, 1.165) is 5.56 Å². The number of ether oxygens (including phenoxy) is 1. The first-order chi connectivity index (χ1) is 11.4. The van der Waals surface area contributed by atoms with Gasteiger partial charge in [-0.2, -0.15) is 0 Å². The summed E-state index contributed by atoms with van der Waals surface area (Å²) in [7, 11) is 3.44. The summed E-state index contributed by atoms with van der Waals surface area (Å²) in [5.74, 6) is 0.508. The zero-order chi connectivity index (χ0) is 17.7. The Morgan fingerprint density at radius 2 is 1.96 bits per heavy atom. The third-order valence-corrected chi connectivity index (χ3v) is 4.43. The SMILES string of the molecule is COc1ccccc1NC(=O)[C@H](C)N(C)Cc1ccc(Cl)cc1Cl. The van der Waals surface area contributed by atoms with E-state index in [-0.39, 0.29) is 11.9 Å². The molecule has 24 heavy (non-hydrogen) atoms. The summed E-state index contributed by atoms with van der Waals surface area (Å²) in [4.78, 5) is 14.4. The van der Waals surface area contributed by atoms with Crippen molar-refractivity contribution in [2.24, 2.45) is 0 Å². The summed E-state index contributed by atoms with van der Waals surface area (Å²) in [6, 6.07) is 12.3. The van der Waals surface area contributed by atoms with Gasteiger partial charge >= 0.3 is 0 Å². The number of carbonyl (C=O) groups is 1. The lowest BCUT2D eigenvalue weighted by atomic mass is 10.2. The maximum Gasteiger partial charge on any atom is 0.241 e. The van der Waals surface area contributed by atoms with E-state index >= 15 is 0 Å². The number of nitrogens with zero attached hydrogens (tertiary/aromatic N) is 1. The molecule has 1 atom stereocenters. The molecule has 0 radical (unpaired) electrons.